The highest BCUT2D eigenvalue weighted by molar-refractivity contribution is 6.03. The van der Waals surface area contributed by atoms with Gasteiger partial charge in [0.05, 0.1) is 26.9 Å². The van der Waals surface area contributed by atoms with E-state index >= 15 is 0 Å². The maximum atomic E-state index is 11.5. The number of ether oxygens (including phenoxy) is 3. The molecule has 0 saturated heterocycles. The van der Waals surface area contributed by atoms with Crippen molar-refractivity contribution in [2.75, 3.05) is 21.3 Å². The molecular weight excluding hydrogens is 428 g/mol. The standard InChI is InChI=1S/C15H14O3.C14H14O2/c1-9(16)11-4-5-12-8-15(18-3)14(10(2)17)7-13(12)6-11;1-15-13-7-3-11(4-8-13)12-5-9-14(16-2)10-6-12/h4-8H,1-3H3;3-10H,1-2H3. The molecule has 0 radical (unpaired) electrons. The van der Waals surface area contributed by atoms with Crippen LogP contribution in [0.1, 0.15) is 34.6 Å². The van der Waals surface area contributed by atoms with E-state index in [1.807, 2.05) is 60.7 Å². The van der Waals surface area contributed by atoms with Crippen LogP contribution in [0.4, 0.5) is 0 Å². The van der Waals surface area contributed by atoms with Crippen LogP contribution < -0.4 is 14.2 Å². The predicted molar refractivity (Wildman–Crippen MR) is 135 cm³/mol. The number of carbonyl (C=O) groups excluding carboxylic acids is 2. The first-order chi connectivity index (χ1) is 16.4. The van der Waals surface area contributed by atoms with Crippen molar-refractivity contribution in [2.45, 2.75) is 13.8 Å². The van der Waals surface area contributed by atoms with Crippen molar-refractivity contribution in [2.24, 2.45) is 0 Å². The second kappa shape index (κ2) is 11.1. The Bertz CT molecular complexity index is 1240. The van der Waals surface area contributed by atoms with Gasteiger partial charge in [0.2, 0.25) is 0 Å². The van der Waals surface area contributed by atoms with Gasteiger partial charge in [0, 0.05) is 5.56 Å². The molecule has 0 fully saturated rings. The Morgan fingerprint density at radius 3 is 1.50 bits per heavy atom. The second-order valence-electron chi connectivity index (χ2n) is 7.68. The molecule has 0 N–H and O–H groups in total. The fraction of sp³-hybridized carbons (Fsp3) is 0.172. The Hall–Kier alpha value is -4.12. The monoisotopic (exact) mass is 456 g/mol. The molecule has 0 heterocycles. The quantitative estimate of drug-likeness (QED) is 0.305. The highest BCUT2D eigenvalue weighted by atomic mass is 16.5. The van der Waals surface area contributed by atoms with Crippen molar-refractivity contribution in [3.8, 4) is 28.4 Å². The summed E-state index contributed by atoms with van der Waals surface area (Å²) >= 11 is 0. The van der Waals surface area contributed by atoms with Gasteiger partial charge in [0.15, 0.2) is 11.6 Å². The van der Waals surface area contributed by atoms with Crippen LogP contribution in [0.5, 0.6) is 17.2 Å². The maximum Gasteiger partial charge on any atom is 0.163 e. The Balaban J connectivity index is 0.000000192. The summed E-state index contributed by atoms with van der Waals surface area (Å²) in [6, 6.07) is 25.0. The van der Waals surface area contributed by atoms with Gasteiger partial charge in [0.1, 0.15) is 17.2 Å². The first kappa shape index (κ1) is 24.5. The van der Waals surface area contributed by atoms with Gasteiger partial charge in [-0.3, -0.25) is 9.59 Å². The third-order valence-corrected chi connectivity index (χ3v) is 5.46. The second-order valence-corrected chi connectivity index (χ2v) is 7.68. The maximum absolute atomic E-state index is 11.5. The zero-order chi connectivity index (χ0) is 24.7. The average Bonchev–Trinajstić information content (AvgIpc) is 2.87. The Morgan fingerprint density at radius 1 is 0.559 bits per heavy atom. The van der Waals surface area contributed by atoms with E-state index in [2.05, 4.69) is 0 Å². The highest BCUT2D eigenvalue weighted by Crippen LogP contribution is 2.27. The van der Waals surface area contributed by atoms with Crippen molar-refractivity contribution in [1.29, 1.82) is 0 Å². The van der Waals surface area contributed by atoms with E-state index in [-0.39, 0.29) is 11.6 Å². The molecule has 0 atom stereocenters. The summed E-state index contributed by atoms with van der Waals surface area (Å²) in [6.07, 6.45) is 0. The number of methoxy groups -OCH3 is 3. The molecule has 0 aliphatic rings. The molecule has 174 valence electrons. The fourth-order valence-electron chi connectivity index (χ4n) is 3.51. The van der Waals surface area contributed by atoms with Crippen molar-refractivity contribution in [1.82, 2.24) is 0 Å². The summed E-state index contributed by atoms with van der Waals surface area (Å²) in [4.78, 5) is 22.9. The lowest BCUT2D eigenvalue weighted by Gasteiger charge is -2.08. The number of fused-ring (bicyclic) bond motifs is 1. The van der Waals surface area contributed by atoms with Gasteiger partial charge in [-0.1, -0.05) is 36.4 Å². The van der Waals surface area contributed by atoms with E-state index in [1.54, 1.807) is 32.4 Å². The van der Waals surface area contributed by atoms with E-state index < -0.39 is 0 Å². The largest absolute Gasteiger partial charge is 0.497 e. The van der Waals surface area contributed by atoms with Gasteiger partial charge in [-0.25, -0.2) is 0 Å². The fourth-order valence-corrected chi connectivity index (χ4v) is 3.51. The molecule has 0 bridgehead atoms. The lowest BCUT2D eigenvalue weighted by Crippen LogP contribution is -1.98. The highest BCUT2D eigenvalue weighted by Gasteiger charge is 2.10. The minimum absolute atomic E-state index is 0.0112. The van der Waals surface area contributed by atoms with Crippen molar-refractivity contribution < 1.29 is 23.8 Å². The van der Waals surface area contributed by atoms with Crippen LogP contribution in [0, 0.1) is 0 Å². The summed E-state index contributed by atoms with van der Waals surface area (Å²) in [6.45, 7) is 3.02. The number of carbonyl (C=O) groups is 2. The normalized spacial score (nSPS) is 10.1. The number of hydrogen-bond acceptors (Lipinski definition) is 5. The molecule has 5 heteroatoms. The molecule has 4 aromatic rings. The minimum atomic E-state index is -0.0537. The van der Waals surface area contributed by atoms with Gasteiger partial charge in [0.25, 0.3) is 0 Å². The summed E-state index contributed by atoms with van der Waals surface area (Å²) in [7, 11) is 4.88. The number of rotatable bonds is 6. The van der Waals surface area contributed by atoms with Crippen molar-refractivity contribution in [3.05, 3.63) is 90.0 Å². The molecule has 0 aliphatic heterocycles. The van der Waals surface area contributed by atoms with Gasteiger partial charge in [-0.05, 0) is 78.2 Å². The molecule has 0 amide bonds. The smallest absolute Gasteiger partial charge is 0.163 e. The molecule has 0 aromatic heterocycles. The molecular formula is C29H28O5. The number of benzene rings is 4. The van der Waals surface area contributed by atoms with E-state index in [9.17, 15) is 9.59 Å². The van der Waals surface area contributed by atoms with E-state index in [4.69, 9.17) is 14.2 Å². The van der Waals surface area contributed by atoms with Crippen LogP contribution in [0.15, 0.2) is 78.9 Å². The van der Waals surface area contributed by atoms with Crippen LogP contribution >= 0.6 is 0 Å². The first-order valence-electron chi connectivity index (χ1n) is 10.8. The van der Waals surface area contributed by atoms with Gasteiger partial charge >= 0.3 is 0 Å². The molecule has 34 heavy (non-hydrogen) atoms. The van der Waals surface area contributed by atoms with Gasteiger partial charge < -0.3 is 14.2 Å². The molecule has 0 aliphatic carbocycles. The van der Waals surface area contributed by atoms with Crippen LogP contribution in [0.25, 0.3) is 21.9 Å². The molecule has 0 spiro atoms. The topological polar surface area (TPSA) is 61.8 Å². The van der Waals surface area contributed by atoms with Crippen molar-refractivity contribution in [3.63, 3.8) is 0 Å². The molecule has 0 unspecified atom stereocenters. The predicted octanol–water partition coefficient (Wildman–Crippen LogP) is 6.62. The number of Topliss-reactive ketones (excluding diaryl/α,β-unsaturated/α-hetero) is 2. The van der Waals surface area contributed by atoms with Gasteiger partial charge in [-0.2, -0.15) is 0 Å². The van der Waals surface area contributed by atoms with Gasteiger partial charge in [-0.15, -0.1) is 0 Å². The zero-order valence-corrected chi connectivity index (χ0v) is 20.0. The first-order valence-corrected chi connectivity index (χ1v) is 10.8. The van der Waals surface area contributed by atoms with Crippen molar-refractivity contribution >= 4 is 22.3 Å². The Morgan fingerprint density at radius 2 is 1.09 bits per heavy atom. The van der Waals surface area contributed by atoms with Crippen LogP contribution in [-0.4, -0.2) is 32.9 Å². The minimum Gasteiger partial charge on any atom is -0.497 e. The lowest BCUT2D eigenvalue weighted by molar-refractivity contribution is 0.100. The van der Waals surface area contributed by atoms with Crippen LogP contribution in [0.3, 0.4) is 0 Å². The number of ketones is 2. The summed E-state index contributed by atoms with van der Waals surface area (Å²) in [5.41, 5.74) is 3.51. The summed E-state index contributed by atoms with van der Waals surface area (Å²) in [5, 5.41) is 1.82. The third kappa shape index (κ3) is 5.81. The van der Waals surface area contributed by atoms with Crippen LogP contribution in [-0.2, 0) is 0 Å². The molecule has 0 saturated carbocycles. The third-order valence-electron chi connectivity index (χ3n) is 5.46. The average molecular weight is 457 g/mol. The van der Waals surface area contributed by atoms with E-state index in [0.717, 1.165) is 22.3 Å². The SMILES string of the molecule is COc1cc2ccc(C(C)=O)cc2cc1C(C)=O.COc1ccc(-c2ccc(OC)cc2)cc1. The summed E-state index contributed by atoms with van der Waals surface area (Å²) < 4.78 is 15.4. The van der Waals surface area contributed by atoms with Crippen LogP contribution in [0.2, 0.25) is 0 Å². The lowest BCUT2D eigenvalue weighted by atomic mass is 10.0. The Kier molecular flexibility index (Phi) is 8.04. The molecule has 4 aromatic carbocycles. The van der Waals surface area contributed by atoms with E-state index in [1.165, 1.54) is 32.1 Å². The number of hydrogen-bond donors (Lipinski definition) is 0. The van der Waals surface area contributed by atoms with E-state index in [0.29, 0.717) is 16.9 Å². The zero-order valence-electron chi connectivity index (χ0n) is 20.0. The Labute approximate surface area is 199 Å². The molecule has 5 nitrogen and oxygen atoms in total. The molecule has 4 rings (SSSR count). The summed E-state index contributed by atoms with van der Waals surface area (Å²) in [5.74, 6) is 2.26.